The molecule has 12 heteroatoms. The van der Waals surface area contributed by atoms with Crippen molar-refractivity contribution in [3.05, 3.63) is 57.3 Å². The average molecular weight is 608 g/mol. The van der Waals surface area contributed by atoms with Crippen molar-refractivity contribution < 1.29 is 27.2 Å². The van der Waals surface area contributed by atoms with E-state index in [0.29, 0.717) is 62.8 Å². The lowest BCUT2D eigenvalue weighted by molar-refractivity contribution is -0.138. The number of nitrogens with one attached hydrogen (secondary N) is 2. The van der Waals surface area contributed by atoms with Gasteiger partial charge in [0.25, 0.3) is 5.91 Å². The SMILES string of the molecule is CC1CN(c2cc(F)c(C3CCN(C(=O)CC(C)(C)C)CC3)cc2NC(=O)c2c[nH]c(=O)cc2C(F)(F)F)CC(C)N1C. The number of nitrogens with zero attached hydrogens (tertiary/aromatic N) is 3. The van der Waals surface area contributed by atoms with E-state index in [9.17, 15) is 27.6 Å². The van der Waals surface area contributed by atoms with Crippen LogP contribution in [0.15, 0.2) is 29.2 Å². The van der Waals surface area contributed by atoms with Crippen LogP contribution < -0.4 is 15.8 Å². The third-order valence-electron chi connectivity index (χ3n) is 8.51. The van der Waals surface area contributed by atoms with Gasteiger partial charge in [0.2, 0.25) is 11.5 Å². The minimum Gasteiger partial charge on any atom is -0.367 e. The second kappa shape index (κ2) is 12.3. The quantitative estimate of drug-likeness (QED) is 0.441. The summed E-state index contributed by atoms with van der Waals surface area (Å²) in [6, 6.07) is 3.42. The molecule has 4 rings (SSSR count). The first-order chi connectivity index (χ1) is 19.9. The lowest BCUT2D eigenvalue weighted by Gasteiger charge is -2.44. The summed E-state index contributed by atoms with van der Waals surface area (Å²) in [7, 11) is 1.99. The van der Waals surface area contributed by atoms with Gasteiger partial charge in [-0.3, -0.25) is 19.3 Å². The fourth-order valence-electron chi connectivity index (χ4n) is 5.94. The minimum absolute atomic E-state index is 0.0504. The van der Waals surface area contributed by atoms with Crippen LogP contribution in [0, 0.1) is 11.2 Å². The maximum absolute atomic E-state index is 15.8. The Hall–Kier alpha value is -3.41. The molecule has 2 fully saturated rings. The average Bonchev–Trinajstić information content (AvgIpc) is 2.90. The Morgan fingerprint density at radius 1 is 1.02 bits per heavy atom. The molecule has 0 saturated carbocycles. The van der Waals surface area contributed by atoms with Gasteiger partial charge in [0.1, 0.15) is 5.82 Å². The maximum atomic E-state index is 15.8. The number of hydrogen-bond acceptors (Lipinski definition) is 5. The van der Waals surface area contributed by atoms with Crippen LogP contribution in [0.3, 0.4) is 0 Å². The van der Waals surface area contributed by atoms with Gasteiger partial charge in [0.05, 0.1) is 22.5 Å². The summed E-state index contributed by atoms with van der Waals surface area (Å²) in [5.41, 5.74) is -2.33. The van der Waals surface area contributed by atoms with Gasteiger partial charge < -0.3 is 20.1 Å². The molecule has 2 saturated heterocycles. The number of benzene rings is 1. The topological polar surface area (TPSA) is 88.7 Å². The second-order valence-electron chi connectivity index (χ2n) is 13.1. The van der Waals surface area contributed by atoms with Crippen molar-refractivity contribution in [2.45, 2.75) is 78.1 Å². The molecular weight excluding hydrogens is 566 g/mol. The van der Waals surface area contributed by atoms with E-state index in [-0.39, 0.29) is 35.0 Å². The Labute approximate surface area is 249 Å². The molecule has 8 nitrogen and oxygen atoms in total. The van der Waals surface area contributed by atoms with Crippen molar-refractivity contribution in [2.75, 3.05) is 43.4 Å². The van der Waals surface area contributed by atoms with Crippen LogP contribution >= 0.6 is 0 Å². The number of likely N-dealkylation sites (tertiary alicyclic amines) is 1. The van der Waals surface area contributed by atoms with E-state index in [2.05, 4.69) is 15.2 Å². The monoisotopic (exact) mass is 607 g/mol. The lowest BCUT2D eigenvalue weighted by Crippen LogP contribution is -2.55. The van der Waals surface area contributed by atoms with Crippen molar-refractivity contribution in [3.63, 3.8) is 0 Å². The number of likely N-dealkylation sites (N-methyl/N-ethyl adjacent to an activating group) is 1. The first-order valence-corrected chi connectivity index (χ1v) is 14.6. The van der Waals surface area contributed by atoms with Gasteiger partial charge in [-0.1, -0.05) is 20.8 Å². The fraction of sp³-hybridized carbons (Fsp3) is 0.581. The fourth-order valence-corrected chi connectivity index (χ4v) is 5.94. The number of rotatable bonds is 5. The number of pyridine rings is 1. The zero-order chi connectivity index (χ0) is 31.9. The largest absolute Gasteiger partial charge is 0.417 e. The summed E-state index contributed by atoms with van der Waals surface area (Å²) in [5.74, 6) is -1.73. The zero-order valence-electron chi connectivity index (χ0n) is 25.6. The van der Waals surface area contributed by atoms with Crippen LogP contribution in [-0.2, 0) is 11.0 Å². The lowest BCUT2D eigenvalue weighted by atomic mass is 9.87. The summed E-state index contributed by atoms with van der Waals surface area (Å²) in [6.07, 6.45) is -2.75. The first kappa shape index (κ1) is 32.5. The Morgan fingerprint density at radius 3 is 2.19 bits per heavy atom. The van der Waals surface area contributed by atoms with E-state index in [0.717, 1.165) is 6.20 Å². The van der Waals surface area contributed by atoms with Gasteiger partial charge >= 0.3 is 6.18 Å². The Bertz CT molecular complexity index is 1400. The number of amides is 2. The Balaban J connectivity index is 1.68. The molecule has 0 bridgehead atoms. The van der Waals surface area contributed by atoms with E-state index < -0.39 is 34.6 Å². The molecular formula is C31H41F4N5O3. The molecule has 0 aliphatic carbocycles. The number of carbonyl (C=O) groups excluding carboxylic acids is 2. The molecule has 43 heavy (non-hydrogen) atoms. The highest BCUT2D eigenvalue weighted by molar-refractivity contribution is 6.07. The number of carbonyl (C=O) groups is 2. The highest BCUT2D eigenvalue weighted by Crippen LogP contribution is 2.39. The molecule has 2 unspecified atom stereocenters. The number of hydrogen-bond donors (Lipinski definition) is 2. The molecule has 0 spiro atoms. The van der Waals surface area contributed by atoms with E-state index in [1.54, 1.807) is 4.90 Å². The number of H-pyrrole nitrogens is 1. The van der Waals surface area contributed by atoms with Crippen molar-refractivity contribution in [1.82, 2.24) is 14.8 Å². The normalized spacial score (nSPS) is 20.8. The number of piperazine rings is 1. The number of piperidine rings is 1. The van der Waals surface area contributed by atoms with Gasteiger partial charge in [-0.2, -0.15) is 13.2 Å². The second-order valence-corrected chi connectivity index (χ2v) is 13.1. The van der Waals surface area contributed by atoms with Gasteiger partial charge in [-0.05, 0) is 62.8 Å². The standard InChI is InChI=1S/C31H41F4N5O3/c1-18-16-40(17-19(2)38(18)6)26-13-24(32)21(20-7-9-39(10-8-20)28(42)14-30(3,4)5)11-25(26)37-29(43)22-15-36-27(41)12-23(22)31(33,34)35/h11-13,15,18-20H,7-10,14,16-17H2,1-6H3,(H,36,41)(H,37,43). The molecule has 2 aliphatic rings. The van der Waals surface area contributed by atoms with Crippen molar-refractivity contribution in [3.8, 4) is 0 Å². The van der Waals surface area contributed by atoms with Crippen LogP contribution in [-0.4, -0.2) is 71.9 Å². The third kappa shape index (κ3) is 7.57. The number of aromatic nitrogens is 1. The number of aromatic amines is 1. The van der Waals surface area contributed by atoms with Gasteiger partial charge in [0, 0.05) is 56.9 Å². The molecule has 2 aromatic rings. The Kier molecular flexibility index (Phi) is 9.30. The third-order valence-corrected chi connectivity index (χ3v) is 8.51. The van der Waals surface area contributed by atoms with Crippen LogP contribution in [0.5, 0.6) is 0 Å². The zero-order valence-corrected chi connectivity index (χ0v) is 25.6. The summed E-state index contributed by atoms with van der Waals surface area (Å²) in [4.78, 5) is 45.8. The van der Waals surface area contributed by atoms with Crippen LogP contribution in [0.2, 0.25) is 0 Å². The van der Waals surface area contributed by atoms with E-state index in [4.69, 9.17) is 0 Å². The first-order valence-electron chi connectivity index (χ1n) is 14.6. The highest BCUT2D eigenvalue weighted by atomic mass is 19.4. The van der Waals surface area contributed by atoms with E-state index in [1.165, 1.54) is 12.1 Å². The number of halogens is 4. The highest BCUT2D eigenvalue weighted by Gasteiger charge is 2.37. The predicted molar refractivity (Wildman–Crippen MR) is 158 cm³/mol. The molecule has 2 aliphatic heterocycles. The van der Waals surface area contributed by atoms with Crippen LogP contribution in [0.4, 0.5) is 28.9 Å². The molecule has 1 aromatic carbocycles. The number of alkyl halides is 3. The van der Waals surface area contributed by atoms with Crippen molar-refractivity contribution in [2.24, 2.45) is 5.41 Å². The maximum Gasteiger partial charge on any atom is 0.417 e. The summed E-state index contributed by atoms with van der Waals surface area (Å²) in [6.45, 7) is 12.0. The van der Waals surface area contributed by atoms with Crippen LogP contribution in [0.1, 0.15) is 81.3 Å². The molecule has 2 atom stereocenters. The summed E-state index contributed by atoms with van der Waals surface area (Å²) < 4.78 is 57.0. The summed E-state index contributed by atoms with van der Waals surface area (Å²) in [5, 5.41) is 2.61. The van der Waals surface area contributed by atoms with Gasteiger partial charge in [-0.15, -0.1) is 0 Å². The smallest absolute Gasteiger partial charge is 0.367 e. The molecule has 2 amide bonds. The molecule has 3 heterocycles. The van der Waals surface area contributed by atoms with E-state index >= 15 is 4.39 Å². The Morgan fingerprint density at radius 2 is 1.63 bits per heavy atom. The molecule has 1 aromatic heterocycles. The minimum atomic E-state index is -4.93. The van der Waals surface area contributed by atoms with E-state index in [1.807, 2.05) is 46.6 Å². The van der Waals surface area contributed by atoms with Gasteiger partial charge in [-0.25, -0.2) is 4.39 Å². The van der Waals surface area contributed by atoms with Crippen molar-refractivity contribution >= 4 is 23.2 Å². The predicted octanol–water partition coefficient (Wildman–Crippen LogP) is 5.46. The summed E-state index contributed by atoms with van der Waals surface area (Å²) >= 11 is 0. The van der Waals surface area contributed by atoms with Gasteiger partial charge in [0.15, 0.2) is 0 Å². The molecule has 2 N–H and O–H groups in total. The molecule has 236 valence electrons. The van der Waals surface area contributed by atoms with Crippen molar-refractivity contribution in [1.29, 1.82) is 0 Å². The number of anilines is 2. The molecule has 0 radical (unpaired) electrons. The van der Waals surface area contributed by atoms with Crippen LogP contribution in [0.25, 0.3) is 0 Å².